The third-order valence-electron chi connectivity index (χ3n) is 5.77. The first-order valence-corrected chi connectivity index (χ1v) is 13.1. The molecule has 4 nitrogen and oxygen atoms in total. The molecule has 0 bridgehead atoms. The van der Waals surface area contributed by atoms with Gasteiger partial charge in [0.15, 0.2) is 0 Å². The van der Waals surface area contributed by atoms with E-state index < -0.39 is 5.97 Å². The molecule has 2 aromatic rings. The SMILES string of the molecule is CC(=O)O.CCCCC(CCC)c1cccc(O)c1.CCCCC(CCC)c1cccc(O)c1. The van der Waals surface area contributed by atoms with Gasteiger partial charge in [-0.25, -0.2) is 0 Å². The minimum atomic E-state index is -0.833. The Morgan fingerprint density at radius 3 is 1.29 bits per heavy atom. The summed E-state index contributed by atoms with van der Waals surface area (Å²) in [6, 6.07) is 15.5. The summed E-state index contributed by atoms with van der Waals surface area (Å²) in [5.41, 5.74) is 2.59. The van der Waals surface area contributed by atoms with Crippen molar-refractivity contribution in [2.75, 3.05) is 0 Å². The first kappa shape index (κ1) is 31.5. The molecule has 0 spiro atoms. The summed E-state index contributed by atoms with van der Waals surface area (Å²) in [5, 5.41) is 26.3. The average Bonchev–Trinajstić information content (AvgIpc) is 2.79. The smallest absolute Gasteiger partial charge is 0.300 e. The highest BCUT2D eigenvalue weighted by atomic mass is 16.4. The van der Waals surface area contributed by atoms with Crippen molar-refractivity contribution >= 4 is 5.97 Å². The van der Waals surface area contributed by atoms with Gasteiger partial charge in [-0.05, 0) is 72.9 Å². The van der Waals surface area contributed by atoms with Gasteiger partial charge in [-0.2, -0.15) is 0 Å². The van der Waals surface area contributed by atoms with E-state index in [1.165, 1.54) is 75.3 Å². The summed E-state index contributed by atoms with van der Waals surface area (Å²) in [7, 11) is 0. The number of unbranched alkanes of at least 4 members (excludes halogenated alkanes) is 2. The number of rotatable bonds is 12. The normalized spacial score (nSPS) is 11.9. The first-order valence-electron chi connectivity index (χ1n) is 13.1. The second-order valence-corrected chi connectivity index (χ2v) is 8.96. The van der Waals surface area contributed by atoms with Gasteiger partial charge in [0, 0.05) is 6.92 Å². The van der Waals surface area contributed by atoms with E-state index in [1.807, 2.05) is 24.3 Å². The molecule has 3 N–H and O–H groups in total. The van der Waals surface area contributed by atoms with Crippen molar-refractivity contribution in [2.24, 2.45) is 0 Å². The molecule has 2 atom stereocenters. The largest absolute Gasteiger partial charge is 0.508 e. The zero-order valence-electron chi connectivity index (χ0n) is 22.1. The molecule has 2 rings (SSSR count). The Bertz CT molecular complexity index is 708. The second-order valence-electron chi connectivity index (χ2n) is 8.96. The zero-order valence-corrected chi connectivity index (χ0v) is 22.1. The zero-order chi connectivity index (χ0) is 25.8. The molecule has 0 fully saturated rings. The molecule has 0 aromatic heterocycles. The van der Waals surface area contributed by atoms with E-state index >= 15 is 0 Å². The minimum absolute atomic E-state index is 0.394. The number of hydrogen-bond donors (Lipinski definition) is 3. The van der Waals surface area contributed by atoms with Crippen LogP contribution >= 0.6 is 0 Å². The van der Waals surface area contributed by atoms with E-state index in [4.69, 9.17) is 9.90 Å². The molecule has 192 valence electrons. The Morgan fingerprint density at radius 2 is 1.03 bits per heavy atom. The molecule has 34 heavy (non-hydrogen) atoms. The van der Waals surface area contributed by atoms with Gasteiger partial charge in [0.05, 0.1) is 0 Å². The van der Waals surface area contributed by atoms with Crippen LogP contribution in [0.3, 0.4) is 0 Å². The molecule has 2 aromatic carbocycles. The molecule has 0 amide bonds. The van der Waals surface area contributed by atoms with Crippen molar-refractivity contribution in [1.29, 1.82) is 0 Å². The summed E-state index contributed by atoms with van der Waals surface area (Å²) >= 11 is 0. The summed E-state index contributed by atoms with van der Waals surface area (Å²) in [6.07, 6.45) is 12.4. The lowest BCUT2D eigenvalue weighted by Gasteiger charge is -2.16. The van der Waals surface area contributed by atoms with Gasteiger partial charge in [-0.15, -0.1) is 0 Å². The van der Waals surface area contributed by atoms with Gasteiger partial charge in [-0.3, -0.25) is 4.79 Å². The van der Waals surface area contributed by atoms with Crippen LogP contribution in [0, 0.1) is 0 Å². The van der Waals surface area contributed by atoms with Crippen molar-refractivity contribution in [3.63, 3.8) is 0 Å². The average molecular weight is 473 g/mol. The molecule has 0 saturated heterocycles. The van der Waals surface area contributed by atoms with E-state index in [1.54, 1.807) is 12.1 Å². The van der Waals surface area contributed by atoms with Gasteiger partial charge in [0.1, 0.15) is 11.5 Å². The molecular weight excluding hydrogens is 424 g/mol. The summed E-state index contributed by atoms with van der Waals surface area (Å²) in [4.78, 5) is 9.00. The second kappa shape index (κ2) is 19.9. The van der Waals surface area contributed by atoms with E-state index in [0.29, 0.717) is 23.3 Å². The lowest BCUT2D eigenvalue weighted by Crippen LogP contribution is -1.98. The highest BCUT2D eigenvalue weighted by Gasteiger charge is 2.11. The van der Waals surface area contributed by atoms with Gasteiger partial charge in [0.2, 0.25) is 0 Å². The number of aliphatic carboxylic acids is 1. The van der Waals surface area contributed by atoms with Crippen LogP contribution in [-0.4, -0.2) is 21.3 Å². The summed E-state index contributed by atoms with van der Waals surface area (Å²) in [5.74, 6) is 1.21. The molecule has 4 heteroatoms. The van der Waals surface area contributed by atoms with Crippen molar-refractivity contribution in [3.8, 4) is 11.5 Å². The third-order valence-corrected chi connectivity index (χ3v) is 5.77. The Labute approximate surface area is 208 Å². The standard InChI is InChI=1S/2C14H22O.C2H4O2/c2*1-3-5-8-12(7-4-2)13-9-6-10-14(15)11-13;1-2(3)4/h2*6,9-12,15H,3-5,7-8H2,1-2H3;1H3,(H,3,4). The molecule has 0 saturated carbocycles. The minimum Gasteiger partial charge on any atom is -0.508 e. The van der Waals surface area contributed by atoms with Crippen LogP contribution in [0.25, 0.3) is 0 Å². The monoisotopic (exact) mass is 472 g/mol. The maximum atomic E-state index is 9.46. The Morgan fingerprint density at radius 1 is 0.676 bits per heavy atom. The van der Waals surface area contributed by atoms with Crippen molar-refractivity contribution in [3.05, 3.63) is 59.7 Å². The number of phenolic OH excluding ortho intramolecular Hbond substituents is 2. The van der Waals surface area contributed by atoms with E-state index in [9.17, 15) is 10.2 Å². The number of benzene rings is 2. The maximum absolute atomic E-state index is 9.46. The number of carbonyl (C=O) groups is 1. The van der Waals surface area contributed by atoms with Crippen LogP contribution in [0.5, 0.6) is 11.5 Å². The van der Waals surface area contributed by atoms with Crippen LogP contribution in [0.1, 0.15) is 122 Å². The molecule has 0 aliphatic heterocycles. The van der Waals surface area contributed by atoms with E-state index in [-0.39, 0.29) is 0 Å². The predicted octanol–water partition coefficient (Wildman–Crippen LogP) is 9.02. The lowest BCUT2D eigenvalue weighted by atomic mass is 9.90. The first-order chi connectivity index (χ1) is 16.3. The highest BCUT2D eigenvalue weighted by molar-refractivity contribution is 5.62. The number of carboxylic acids is 1. The Kier molecular flexibility index (Phi) is 18.5. The fourth-order valence-corrected chi connectivity index (χ4v) is 4.11. The fourth-order valence-electron chi connectivity index (χ4n) is 4.11. The maximum Gasteiger partial charge on any atom is 0.300 e. The van der Waals surface area contributed by atoms with Gasteiger partial charge >= 0.3 is 0 Å². The molecule has 0 heterocycles. The fraction of sp³-hybridized carbons (Fsp3) is 0.567. The highest BCUT2D eigenvalue weighted by Crippen LogP contribution is 2.29. The topological polar surface area (TPSA) is 77.8 Å². The van der Waals surface area contributed by atoms with Crippen molar-refractivity contribution in [1.82, 2.24) is 0 Å². The Hall–Kier alpha value is -2.49. The molecular formula is C30H48O4. The van der Waals surface area contributed by atoms with E-state index in [0.717, 1.165) is 6.92 Å². The van der Waals surface area contributed by atoms with Crippen molar-refractivity contribution < 1.29 is 20.1 Å². The number of hydrogen-bond acceptors (Lipinski definition) is 3. The molecule has 0 aliphatic carbocycles. The van der Waals surface area contributed by atoms with Crippen molar-refractivity contribution in [2.45, 2.75) is 111 Å². The van der Waals surface area contributed by atoms with Gasteiger partial charge in [-0.1, -0.05) is 90.5 Å². The van der Waals surface area contributed by atoms with Gasteiger partial charge < -0.3 is 15.3 Å². The lowest BCUT2D eigenvalue weighted by molar-refractivity contribution is -0.134. The predicted molar refractivity (Wildman–Crippen MR) is 144 cm³/mol. The van der Waals surface area contributed by atoms with Crippen LogP contribution < -0.4 is 0 Å². The van der Waals surface area contributed by atoms with Crippen LogP contribution in [-0.2, 0) is 4.79 Å². The molecule has 0 radical (unpaired) electrons. The van der Waals surface area contributed by atoms with E-state index in [2.05, 4.69) is 39.8 Å². The Balaban J connectivity index is 0.000000554. The molecule has 2 unspecified atom stereocenters. The quantitative estimate of drug-likeness (QED) is 0.288. The van der Waals surface area contributed by atoms with Crippen LogP contribution in [0.2, 0.25) is 0 Å². The van der Waals surface area contributed by atoms with Crippen LogP contribution in [0.4, 0.5) is 0 Å². The summed E-state index contributed by atoms with van der Waals surface area (Å²) < 4.78 is 0. The summed E-state index contributed by atoms with van der Waals surface area (Å²) in [6.45, 7) is 9.99. The van der Waals surface area contributed by atoms with Crippen LogP contribution in [0.15, 0.2) is 48.5 Å². The van der Waals surface area contributed by atoms with Gasteiger partial charge in [0.25, 0.3) is 5.97 Å². The number of carboxylic acid groups (broad SMARTS) is 1. The molecule has 0 aliphatic rings. The third kappa shape index (κ3) is 15.4. The number of aromatic hydroxyl groups is 2. The number of phenols is 2.